The summed E-state index contributed by atoms with van der Waals surface area (Å²) in [5.41, 5.74) is 0. The molecule has 0 radical (unpaired) electrons. The molecule has 4 nitrogen and oxygen atoms in total. The number of carbonyl (C=O) groups excluding carboxylic acids is 1. The minimum absolute atomic E-state index is 0.0261. The van der Waals surface area contributed by atoms with E-state index >= 15 is 0 Å². The highest BCUT2D eigenvalue weighted by atomic mass is 16.5. The van der Waals surface area contributed by atoms with Gasteiger partial charge in [0.25, 0.3) is 0 Å². The van der Waals surface area contributed by atoms with E-state index in [9.17, 15) is 9.59 Å². The largest absolute Gasteiger partial charge is 0.481 e. The second kappa shape index (κ2) is 33.4. The van der Waals surface area contributed by atoms with Crippen LogP contribution in [-0.4, -0.2) is 23.1 Å². The number of hydrogen-bond donors (Lipinski definition) is 1. The van der Waals surface area contributed by atoms with Crippen LogP contribution in [0.5, 0.6) is 0 Å². The third kappa shape index (κ3) is 34.1. The van der Waals surface area contributed by atoms with Crippen LogP contribution < -0.4 is 0 Å². The summed E-state index contributed by atoms with van der Waals surface area (Å²) in [6.45, 7) is 4.27. The Labute approximate surface area is 260 Å². The molecule has 0 aromatic rings. The molecule has 0 fully saturated rings. The van der Waals surface area contributed by atoms with Crippen LogP contribution in [0.2, 0.25) is 0 Å². The van der Waals surface area contributed by atoms with Crippen molar-refractivity contribution in [2.75, 3.05) is 0 Å². The Morgan fingerprint density at radius 2 is 0.976 bits per heavy atom. The number of rotatable bonds is 31. The van der Waals surface area contributed by atoms with Gasteiger partial charge in [0.15, 0.2) is 0 Å². The van der Waals surface area contributed by atoms with Crippen LogP contribution in [0.15, 0.2) is 48.6 Å². The van der Waals surface area contributed by atoms with E-state index in [2.05, 4.69) is 55.5 Å². The predicted octanol–water partition coefficient (Wildman–Crippen LogP) is 12.0. The van der Waals surface area contributed by atoms with Crippen molar-refractivity contribution in [1.29, 1.82) is 0 Å². The fourth-order valence-corrected chi connectivity index (χ4v) is 4.92. The summed E-state index contributed by atoms with van der Waals surface area (Å²) in [6.07, 6.45) is 45.3. The van der Waals surface area contributed by atoms with Crippen molar-refractivity contribution in [3.8, 4) is 0 Å². The zero-order valence-electron chi connectivity index (χ0n) is 27.5. The van der Waals surface area contributed by atoms with E-state index in [-0.39, 0.29) is 12.1 Å². The number of ether oxygens (including phenoxy) is 1. The summed E-state index contributed by atoms with van der Waals surface area (Å²) >= 11 is 0. The maximum absolute atomic E-state index is 12.1. The second-order valence-corrected chi connectivity index (χ2v) is 11.8. The molecule has 0 bridgehead atoms. The summed E-state index contributed by atoms with van der Waals surface area (Å²) in [7, 11) is 0. The first-order chi connectivity index (χ1) is 20.6. The molecule has 0 spiro atoms. The van der Waals surface area contributed by atoms with Crippen LogP contribution in [0.4, 0.5) is 0 Å². The Hall–Kier alpha value is -2.10. The lowest BCUT2D eigenvalue weighted by Gasteiger charge is -2.13. The van der Waals surface area contributed by atoms with E-state index in [0.29, 0.717) is 12.8 Å². The molecule has 0 heterocycles. The van der Waals surface area contributed by atoms with Crippen molar-refractivity contribution >= 4 is 11.9 Å². The minimum atomic E-state index is -0.673. The Morgan fingerprint density at radius 3 is 1.45 bits per heavy atom. The number of allylic oxidation sites excluding steroid dienone is 8. The number of esters is 1. The van der Waals surface area contributed by atoms with E-state index in [1.165, 1.54) is 89.9 Å². The van der Waals surface area contributed by atoms with Crippen LogP contribution >= 0.6 is 0 Å². The van der Waals surface area contributed by atoms with Crippen LogP contribution in [0.1, 0.15) is 174 Å². The molecule has 0 saturated carbocycles. The Bertz CT molecular complexity index is 719. The smallest absolute Gasteiger partial charge is 0.306 e. The third-order valence-corrected chi connectivity index (χ3v) is 7.54. The highest BCUT2D eigenvalue weighted by Crippen LogP contribution is 2.15. The summed E-state index contributed by atoms with van der Waals surface area (Å²) in [4.78, 5) is 22.6. The molecule has 0 aliphatic heterocycles. The van der Waals surface area contributed by atoms with Crippen molar-refractivity contribution in [2.24, 2.45) is 0 Å². The van der Waals surface area contributed by atoms with Crippen molar-refractivity contribution in [3.63, 3.8) is 0 Å². The number of hydrogen-bond acceptors (Lipinski definition) is 3. The lowest BCUT2D eigenvalue weighted by Crippen LogP contribution is -2.14. The number of carbonyl (C=O) groups is 2. The number of carboxylic acids is 1. The second-order valence-electron chi connectivity index (χ2n) is 11.8. The highest BCUT2D eigenvalue weighted by molar-refractivity contribution is 5.69. The van der Waals surface area contributed by atoms with Crippen LogP contribution in [0.25, 0.3) is 0 Å². The maximum Gasteiger partial charge on any atom is 0.306 e. The average Bonchev–Trinajstić information content (AvgIpc) is 2.96. The topological polar surface area (TPSA) is 63.6 Å². The fourth-order valence-electron chi connectivity index (χ4n) is 4.92. The molecule has 0 aromatic carbocycles. The van der Waals surface area contributed by atoms with Gasteiger partial charge in [-0.15, -0.1) is 0 Å². The zero-order chi connectivity index (χ0) is 30.8. The molecule has 1 N–H and O–H groups in total. The molecule has 242 valence electrons. The molecule has 0 aromatic heterocycles. The monoisotopic (exact) mass is 586 g/mol. The normalized spacial score (nSPS) is 12.8. The van der Waals surface area contributed by atoms with Gasteiger partial charge in [-0.05, 0) is 71.1 Å². The Morgan fingerprint density at radius 1 is 0.548 bits per heavy atom. The molecule has 0 aliphatic carbocycles. The number of unbranched alkanes of at least 4 members (excludes halogenated alkanes) is 16. The van der Waals surface area contributed by atoms with Crippen molar-refractivity contribution < 1.29 is 19.4 Å². The molecule has 1 unspecified atom stereocenters. The van der Waals surface area contributed by atoms with Gasteiger partial charge in [-0.2, -0.15) is 0 Å². The van der Waals surface area contributed by atoms with E-state index in [1.54, 1.807) is 0 Å². The van der Waals surface area contributed by atoms with Gasteiger partial charge in [0, 0.05) is 12.8 Å². The van der Waals surface area contributed by atoms with Crippen molar-refractivity contribution in [2.45, 2.75) is 180 Å². The molecule has 0 amide bonds. The van der Waals surface area contributed by atoms with E-state index in [0.717, 1.165) is 57.8 Å². The first-order valence-corrected chi connectivity index (χ1v) is 17.6. The van der Waals surface area contributed by atoms with E-state index < -0.39 is 5.97 Å². The maximum atomic E-state index is 12.1. The first kappa shape index (κ1) is 39.9. The quantitative estimate of drug-likeness (QED) is 0.0498. The molecule has 4 heteroatoms. The average molecular weight is 587 g/mol. The molecular weight excluding hydrogens is 520 g/mol. The third-order valence-electron chi connectivity index (χ3n) is 7.54. The fraction of sp³-hybridized carbons (Fsp3) is 0.737. The Balaban J connectivity index is 3.46. The van der Waals surface area contributed by atoms with Crippen molar-refractivity contribution in [1.82, 2.24) is 0 Å². The van der Waals surface area contributed by atoms with Crippen LogP contribution in [0, 0.1) is 0 Å². The zero-order valence-corrected chi connectivity index (χ0v) is 27.5. The number of aliphatic carboxylic acids is 1. The standard InChI is InChI=1S/C38H66O4/c1-3-4-5-6-7-8-9-10-11-12-13-17-20-23-26-29-32-35-38(41)42-36(2)33-30-27-24-21-18-15-14-16-19-22-25-28-31-34-37(39)40/h7-8,10-11,13,17,23,26,36H,3-6,9,12,14-16,18-22,24-25,27-35H2,1-2H3,(H,39,40)/b8-7-,11-10-,17-13-,26-23-. The predicted molar refractivity (Wildman–Crippen MR) is 181 cm³/mol. The SMILES string of the molecule is CCCCC/C=C\C/C=C\C/C=C\C/C=C\CCCC(=O)OC(C)CCCCCCCCCCCCCCCC(=O)O. The van der Waals surface area contributed by atoms with Gasteiger partial charge in [-0.25, -0.2) is 0 Å². The van der Waals surface area contributed by atoms with E-state index in [1.807, 2.05) is 6.92 Å². The molecule has 0 aliphatic rings. The van der Waals surface area contributed by atoms with Gasteiger partial charge in [-0.3, -0.25) is 9.59 Å². The van der Waals surface area contributed by atoms with Crippen molar-refractivity contribution in [3.05, 3.63) is 48.6 Å². The van der Waals surface area contributed by atoms with Crippen LogP contribution in [0.3, 0.4) is 0 Å². The lowest BCUT2D eigenvalue weighted by molar-refractivity contribution is -0.148. The highest BCUT2D eigenvalue weighted by Gasteiger charge is 2.08. The van der Waals surface area contributed by atoms with E-state index in [4.69, 9.17) is 9.84 Å². The van der Waals surface area contributed by atoms with Gasteiger partial charge >= 0.3 is 11.9 Å². The van der Waals surface area contributed by atoms with Gasteiger partial charge < -0.3 is 9.84 Å². The molecule has 1 atom stereocenters. The summed E-state index contributed by atoms with van der Waals surface area (Å²) in [5, 5.41) is 8.63. The van der Waals surface area contributed by atoms with Gasteiger partial charge in [0.2, 0.25) is 0 Å². The van der Waals surface area contributed by atoms with Gasteiger partial charge in [0.05, 0.1) is 6.10 Å². The summed E-state index contributed by atoms with van der Waals surface area (Å²) in [6, 6.07) is 0. The van der Waals surface area contributed by atoms with Crippen LogP contribution in [-0.2, 0) is 14.3 Å². The molecule has 0 rings (SSSR count). The Kier molecular flexibility index (Phi) is 31.7. The minimum Gasteiger partial charge on any atom is -0.481 e. The molecule has 0 saturated heterocycles. The summed E-state index contributed by atoms with van der Waals surface area (Å²) < 4.78 is 5.59. The summed E-state index contributed by atoms with van der Waals surface area (Å²) in [5.74, 6) is -0.730. The van der Waals surface area contributed by atoms with Gasteiger partial charge in [-0.1, -0.05) is 139 Å². The first-order valence-electron chi connectivity index (χ1n) is 17.6. The molecular formula is C38H66O4. The lowest BCUT2D eigenvalue weighted by atomic mass is 10.0. The number of carboxylic acid groups (broad SMARTS) is 1. The van der Waals surface area contributed by atoms with Gasteiger partial charge in [0.1, 0.15) is 0 Å². The molecule has 42 heavy (non-hydrogen) atoms.